The Hall–Kier alpha value is -2.47. The molecule has 1 atom stereocenters. The fourth-order valence-corrected chi connectivity index (χ4v) is 5.87. The molecule has 6 nitrogen and oxygen atoms in total. The van der Waals surface area contributed by atoms with E-state index in [9.17, 15) is 4.39 Å². The van der Waals surface area contributed by atoms with Gasteiger partial charge in [-0.25, -0.2) is 0 Å². The molecule has 30 heavy (non-hydrogen) atoms. The second kappa shape index (κ2) is 9.56. The van der Waals surface area contributed by atoms with E-state index in [1.165, 1.54) is 12.1 Å². The SMILES string of the molecule is OCCCn1ncc2ncnc([AsH]c3ccc(OCc4cccc(F)c4)c(Cl)c3)c21. The van der Waals surface area contributed by atoms with E-state index in [4.69, 9.17) is 21.4 Å². The van der Waals surface area contributed by atoms with Crippen molar-refractivity contribution in [3.05, 3.63) is 71.4 Å². The molecule has 0 aliphatic carbocycles. The maximum absolute atomic E-state index is 13.3. The van der Waals surface area contributed by atoms with E-state index in [0.717, 1.165) is 25.4 Å². The first kappa shape index (κ1) is 20.8. The molecule has 1 unspecified atom stereocenters. The van der Waals surface area contributed by atoms with E-state index in [1.807, 2.05) is 22.9 Å². The van der Waals surface area contributed by atoms with Crippen LogP contribution in [0.5, 0.6) is 5.75 Å². The van der Waals surface area contributed by atoms with Gasteiger partial charge in [-0.2, -0.15) is 0 Å². The standard InChI is InChI=1S/C21H19AsClFN4O2/c23-17-10-15(5-6-19(17)30-12-14-3-1-4-16(24)9-14)22-21-20-18(25-13-26-21)11-27-28(20)7-2-8-29/h1,3-6,9-11,13,22,29H,2,7-8,12H2. The molecule has 0 spiro atoms. The summed E-state index contributed by atoms with van der Waals surface area (Å²) in [6, 6.07) is 12.0. The van der Waals surface area contributed by atoms with Crippen LogP contribution in [0.3, 0.4) is 0 Å². The number of aliphatic hydroxyl groups excluding tert-OH is 1. The quantitative estimate of drug-likeness (QED) is 0.384. The van der Waals surface area contributed by atoms with Crippen LogP contribution in [-0.2, 0) is 13.2 Å². The molecule has 0 aliphatic rings. The van der Waals surface area contributed by atoms with Crippen LogP contribution in [0, 0.1) is 5.82 Å². The van der Waals surface area contributed by atoms with Crippen molar-refractivity contribution in [2.24, 2.45) is 0 Å². The van der Waals surface area contributed by atoms with Crippen molar-refractivity contribution >= 4 is 47.2 Å². The Morgan fingerprint density at radius 3 is 2.87 bits per heavy atom. The Kier molecular flexibility index (Phi) is 6.62. The number of nitrogens with zero attached hydrogens (tertiary/aromatic N) is 4. The summed E-state index contributed by atoms with van der Waals surface area (Å²) in [5.74, 6) is 0.259. The molecule has 0 saturated carbocycles. The first-order chi connectivity index (χ1) is 14.6. The maximum atomic E-state index is 13.3. The fraction of sp³-hybridized carbons (Fsp3) is 0.190. The second-order valence-electron chi connectivity index (χ2n) is 6.59. The molecule has 2 heterocycles. The third-order valence-corrected chi connectivity index (χ3v) is 7.25. The summed E-state index contributed by atoms with van der Waals surface area (Å²) in [4.78, 5) is 8.78. The number of halogens is 2. The Bertz CT molecular complexity index is 1170. The van der Waals surface area contributed by atoms with Gasteiger partial charge in [-0.3, -0.25) is 0 Å². The number of aromatic nitrogens is 4. The number of hydrogen-bond donors (Lipinski definition) is 1. The molecule has 2 aromatic carbocycles. The van der Waals surface area contributed by atoms with Crippen LogP contribution in [0.15, 0.2) is 55.0 Å². The Balaban J connectivity index is 1.52. The van der Waals surface area contributed by atoms with Crippen molar-refractivity contribution in [2.75, 3.05) is 6.61 Å². The molecular weight excluding hydrogens is 470 g/mol. The molecule has 0 amide bonds. The van der Waals surface area contributed by atoms with Gasteiger partial charge >= 0.3 is 185 Å². The van der Waals surface area contributed by atoms with Gasteiger partial charge in [0.2, 0.25) is 0 Å². The Morgan fingerprint density at radius 1 is 1.17 bits per heavy atom. The molecule has 0 aliphatic heterocycles. The summed E-state index contributed by atoms with van der Waals surface area (Å²) in [7, 11) is 0. The monoisotopic (exact) mass is 488 g/mol. The minimum atomic E-state index is -0.794. The van der Waals surface area contributed by atoms with Crippen LogP contribution in [0.2, 0.25) is 5.02 Å². The number of hydrogen-bond acceptors (Lipinski definition) is 5. The van der Waals surface area contributed by atoms with Crippen molar-refractivity contribution in [3.63, 3.8) is 0 Å². The van der Waals surface area contributed by atoms with Gasteiger partial charge in [0.05, 0.1) is 0 Å². The van der Waals surface area contributed by atoms with E-state index in [2.05, 4.69) is 15.1 Å². The predicted octanol–water partition coefficient (Wildman–Crippen LogP) is 1.97. The number of aryl methyl sites for hydroxylation is 1. The van der Waals surface area contributed by atoms with Crippen molar-refractivity contribution in [3.8, 4) is 5.75 Å². The topological polar surface area (TPSA) is 73.1 Å². The molecule has 2 aromatic heterocycles. The van der Waals surface area contributed by atoms with Gasteiger partial charge in [-0.15, -0.1) is 0 Å². The van der Waals surface area contributed by atoms with Crippen LogP contribution in [0.1, 0.15) is 12.0 Å². The normalized spacial score (nSPS) is 11.6. The van der Waals surface area contributed by atoms with Crippen molar-refractivity contribution in [1.82, 2.24) is 19.7 Å². The van der Waals surface area contributed by atoms with E-state index in [1.54, 1.807) is 24.7 Å². The van der Waals surface area contributed by atoms with Gasteiger partial charge in [0.15, 0.2) is 0 Å². The summed E-state index contributed by atoms with van der Waals surface area (Å²) >= 11 is 5.64. The van der Waals surface area contributed by atoms with Gasteiger partial charge < -0.3 is 0 Å². The van der Waals surface area contributed by atoms with E-state index < -0.39 is 15.8 Å². The first-order valence-electron chi connectivity index (χ1n) is 9.35. The molecule has 0 radical (unpaired) electrons. The van der Waals surface area contributed by atoms with Crippen molar-refractivity contribution in [1.29, 1.82) is 0 Å². The van der Waals surface area contributed by atoms with Crippen LogP contribution in [-0.4, -0.2) is 47.2 Å². The molecule has 9 heteroatoms. The van der Waals surface area contributed by atoms with E-state index >= 15 is 0 Å². The summed E-state index contributed by atoms with van der Waals surface area (Å²) in [5, 5.41) is 14.0. The molecule has 0 fully saturated rings. The molecular formula is C21H19AsClFN4O2. The Morgan fingerprint density at radius 2 is 2.07 bits per heavy atom. The summed E-state index contributed by atoms with van der Waals surface area (Å²) in [5.41, 5.74) is 2.44. The second-order valence-corrected chi connectivity index (χ2v) is 9.73. The summed E-state index contributed by atoms with van der Waals surface area (Å²) in [6.07, 6.45) is 3.89. The van der Waals surface area contributed by atoms with Gasteiger partial charge in [-0.05, 0) is 0 Å². The van der Waals surface area contributed by atoms with Gasteiger partial charge in [-0.1, -0.05) is 0 Å². The minimum absolute atomic E-state index is 0.105. The van der Waals surface area contributed by atoms with Crippen molar-refractivity contribution in [2.45, 2.75) is 19.6 Å². The van der Waals surface area contributed by atoms with Gasteiger partial charge in [0.1, 0.15) is 0 Å². The van der Waals surface area contributed by atoms with Crippen LogP contribution >= 0.6 is 11.6 Å². The average molecular weight is 489 g/mol. The third-order valence-electron chi connectivity index (χ3n) is 4.43. The van der Waals surface area contributed by atoms with Crippen LogP contribution < -0.4 is 13.6 Å². The number of ether oxygens (including phenoxy) is 1. The molecule has 1 N–H and O–H groups in total. The van der Waals surface area contributed by atoms with E-state index in [-0.39, 0.29) is 19.0 Å². The fourth-order valence-electron chi connectivity index (χ4n) is 3.03. The van der Waals surface area contributed by atoms with Gasteiger partial charge in [0.25, 0.3) is 0 Å². The van der Waals surface area contributed by atoms with Crippen molar-refractivity contribution < 1.29 is 14.2 Å². The number of rotatable bonds is 8. The summed E-state index contributed by atoms with van der Waals surface area (Å²) < 4.78 is 23.0. The summed E-state index contributed by atoms with van der Waals surface area (Å²) in [6.45, 7) is 0.956. The number of fused-ring (bicyclic) bond motifs is 1. The Labute approximate surface area is 184 Å². The molecule has 4 rings (SSSR count). The van der Waals surface area contributed by atoms with Crippen LogP contribution in [0.25, 0.3) is 11.0 Å². The zero-order chi connectivity index (χ0) is 20.9. The predicted molar refractivity (Wildman–Crippen MR) is 116 cm³/mol. The van der Waals surface area contributed by atoms with Gasteiger partial charge in [0, 0.05) is 0 Å². The average Bonchev–Trinajstić information content (AvgIpc) is 3.16. The number of benzene rings is 2. The molecule has 0 saturated heterocycles. The third kappa shape index (κ3) is 4.81. The van der Waals surface area contributed by atoms with Crippen LogP contribution in [0.4, 0.5) is 4.39 Å². The zero-order valence-corrected chi connectivity index (χ0v) is 18.8. The number of aliphatic hydroxyl groups is 1. The molecule has 0 bridgehead atoms. The van der Waals surface area contributed by atoms with E-state index in [0.29, 0.717) is 23.7 Å². The molecule has 154 valence electrons. The molecule has 4 aromatic rings. The zero-order valence-electron chi connectivity index (χ0n) is 15.9. The first-order valence-corrected chi connectivity index (χ1v) is 11.8.